The molecule has 10 aromatic rings. The first kappa shape index (κ1) is 128. The Bertz CT molecular complexity index is 5020. The fraction of sp³-hybridized carbons (Fsp3) is 0.396. The first-order valence-electron chi connectivity index (χ1n) is 44.9. The quantitative estimate of drug-likeness (QED) is 0.0393. The molecule has 12 atom stereocenters. The van der Waals surface area contributed by atoms with E-state index in [1.807, 2.05) is 197 Å². The maximum atomic E-state index is 6.22. The van der Waals surface area contributed by atoms with Crippen LogP contribution < -0.4 is 451 Å². The Hall–Kier alpha value is 5.53. The summed E-state index contributed by atoms with van der Waals surface area (Å²) in [6.07, 6.45) is 10.6. The number of methoxy groups -OCH3 is 3. The normalized spacial score (nSPS) is 21.9. The summed E-state index contributed by atoms with van der Waals surface area (Å²) < 4.78 is 90.6. The van der Waals surface area contributed by atoms with E-state index in [4.69, 9.17) is 99.0 Å². The summed E-state index contributed by atoms with van der Waals surface area (Å²) in [5.74, 6) is 10.7. The van der Waals surface area contributed by atoms with Crippen LogP contribution in [0.4, 0.5) is 0 Å². The van der Waals surface area contributed by atoms with Crippen molar-refractivity contribution in [1.29, 1.82) is 0 Å². The zero-order valence-electron chi connectivity index (χ0n) is 81.6. The summed E-state index contributed by atoms with van der Waals surface area (Å²) in [5, 5.41) is 3.99. The minimum atomic E-state index is 0. The number of ether oxygens (including phenoxy) is 16. The van der Waals surface area contributed by atoms with E-state index < -0.39 is 0 Å². The van der Waals surface area contributed by atoms with Gasteiger partial charge in [-0.25, -0.2) is 39.6 Å². The summed E-state index contributed by atoms with van der Waals surface area (Å²) in [7, 11) is 5.02. The predicted octanol–water partition coefficient (Wildman–Crippen LogP) is 10.8. The average molecular weight is 2710 g/mol. The van der Waals surface area contributed by atoms with Crippen LogP contribution in [0.5, 0.6) is 46.0 Å². The topological polar surface area (TPSA) is 148 Å². The minimum Gasteiger partial charge on any atom is -0.542 e. The van der Waals surface area contributed by atoms with Gasteiger partial charge in [0, 0.05) is 78.0 Å². The summed E-state index contributed by atoms with van der Waals surface area (Å²) in [6.45, 7) is 31.1. The molecular formula is C106H122Cl2Cs6O16S6. The summed E-state index contributed by atoms with van der Waals surface area (Å²) in [6, 6.07) is 75.2. The Morgan fingerprint density at radius 2 is 0.574 bits per heavy atom. The van der Waals surface area contributed by atoms with Gasteiger partial charge in [-0.1, -0.05) is 257 Å². The SMILES string of the molecule is COc1cc(OCC2CCOCC2)cc(SC2C[C@@H](C)[CH-]O2)c1.COc1cc(OCc2ccccc2)cc(SC2C[C@@H](C)[CH-]O2)c1.COc1ccc(SC2C[C@@H](C)[CH-]O2)cc1OCc1ccccc1.C[C@H]1[CH-]OC(Sc2cc(Cl)cc(OCC3CCOCC3)c2)C1.C[C@H]1[CH-]OC(Sc2cc(Cl)cc(OCc3ccccc3)c2)C1.C[C@H]1[CH-]OC(Sc2ccc3ccccc3c2)C1.[Cs+].[Cs+].[Cs+].[Cs+].[Cs+].[Cs+]. The molecule has 18 rings (SSSR count). The maximum Gasteiger partial charge on any atom is 1.00 e. The van der Waals surface area contributed by atoms with Gasteiger partial charge in [0.25, 0.3) is 0 Å². The van der Waals surface area contributed by atoms with Gasteiger partial charge in [-0.2, -0.15) is 0 Å². The number of fused-ring (bicyclic) bond motifs is 1. The second-order valence-electron chi connectivity index (χ2n) is 33.5. The van der Waals surface area contributed by atoms with Crippen molar-refractivity contribution in [3.63, 3.8) is 0 Å². The molecule has 10 aromatic carbocycles. The van der Waals surface area contributed by atoms with E-state index in [0.717, 1.165) is 191 Å². The van der Waals surface area contributed by atoms with E-state index in [9.17, 15) is 0 Å². The second kappa shape index (κ2) is 72.3. The summed E-state index contributed by atoms with van der Waals surface area (Å²) in [4.78, 5) is 6.81. The predicted molar refractivity (Wildman–Crippen MR) is 529 cm³/mol. The van der Waals surface area contributed by atoms with Gasteiger partial charge in [-0.05, 0) is 195 Å². The van der Waals surface area contributed by atoms with Crippen LogP contribution in [0.2, 0.25) is 10.0 Å². The molecule has 6 unspecified atom stereocenters. The maximum absolute atomic E-state index is 6.22. The van der Waals surface area contributed by atoms with Crippen LogP contribution in [0.3, 0.4) is 0 Å². The number of benzene rings is 10. The number of hydrogen-bond acceptors (Lipinski definition) is 22. The third kappa shape index (κ3) is 48.3. The van der Waals surface area contributed by atoms with E-state index in [-0.39, 0.29) is 446 Å². The Morgan fingerprint density at radius 1 is 0.279 bits per heavy atom. The van der Waals surface area contributed by atoms with Crippen molar-refractivity contribution in [2.75, 3.05) is 61.0 Å². The standard InChI is InChI=1S/2C19H21O3S.C18H18ClO2S.C18H25O4S.C17H22ClO3S.C15H15OS.6Cs/c1-14-8-19(22-12-14)23-18-10-16(20-2)9-17(11-18)21-13-15-6-4-3-5-7-15;1-14-10-19(22-12-14)23-16-8-9-17(20-2)18(11-16)21-13-15-6-4-3-5-7-15;1-13-7-18(21-11-13)22-17-9-15(19)8-16(10-17)20-12-14-5-3-2-4-6-14;1-13-7-18(22-11-13)23-17-9-15(19-2)8-16(10-17)21-12-14-3-5-20-6-4-14;1-12-6-17(21-10-12)22-16-8-14(18)7-15(9-16)20-11-13-2-4-19-5-3-13;1-11-8-15(16-10-11)17-14-7-6-12-4-2-3-5-13(12)9-14;;;;;;/h3-7,9-12,14,19H,8,13H2,1-2H3;3-9,11-12,14,19H,10,13H2,1-2H3;2-6,8-11,13,18H,7,12H2,1H3;8-11,13-14,18H,3-7,12H2,1-2H3;7-10,12-13,17H,2-6,11H2,1H3;2-7,9-11,15H,8H2,1H3;;;;;;/q6*-1;6*+1/t2*14-,19?;2*13-,18?;12-,17?;11-,15?;;;;;;/m111111....../s1. The van der Waals surface area contributed by atoms with Crippen LogP contribution in [0.25, 0.3) is 10.8 Å². The van der Waals surface area contributed by atoms with Crippen LogP contribution >= 0.6 is 93.8 Å². The van der Waals surface area contributed by atoms with Gasteiger partial charge in [0.15, 0.2) is 11.5 Å². The molecule has 0 amide bonds. The molecule has 0 aliphatic carbocycles. The fourth-order valence-corrected chi connectivity index (χ4v) is 22.4. The van der Waals surface area contributed by atoms with Gasteiger partial charge in [0.2, 0.25) is 0 Å². The molecule has 0 bridgehead atoms. The molecule has 8 heterocycles. The molecule has 0 spiro atoms. The largest absolute Gasteiger partial charge is 1.00 e. The first-order valence-corrected chi connectivity index (χ1v) is 50.9. The Morgan fingerprint density at radius 3 is 0.919 bits per heavy atom. The van der Waals surface area contributed by atoms with Crippen LogP contribution in [-0.2, 0) is 57.7 Å². The fourth-order valence-electron chi connectivity index (χ4n) is 14.7. The third-order valence-electron chi connectivity index (χ3n) is 21.9. The van der Waals surface area contributed by atoms with Crippen molar-refractivity contribution in [3.8, 4) is 46.0 Å². The molecule has 0 radical (unpaired) electrons. The molecule has 136 heavy (non-hydrogen) atoms. The third-order valence-corrected chi connectivity index (χ3v) is 28.8. The number of rotatable bonds is 30. The van der Waals surface area contributed by atoms with E-state index in [1.165, 1.54) is 15.7 Å². The zero-order chi connectivity index (χ0) is 90.6. The van der Waals surface area contributed by atoms with Crippen molar-refractivity contribution in [1.82, 2.24) is 0 Å². The zero-order valence-corrected chi connectivity index (χ0v) is 126. The van der Waals surface area contributed by atoms with Gasteiger partial charge < -0.3 is 75.8 Å². The summed E-state index contributed by atoms with van der Waals surface area (Å²) in [5.41, 5.74) is 4.57. The van der Waals surface area contributed by atoms with Crippen molar-refractivity contribution in [3.05, 3.63) is 291 Å². The Kier molecular flexibility index (Phi) is 68.3. The van der Waals surface area contributed by atoms with Gasteiger partial charge in [0.05, 0.1) is 67.2 Å². The van der Waals surface area contributed by atoms with Gasteiger partial charge in [-0.3, -0.25) is 0 Å². The first-order chi connectivity index (χ1) is 63.4. The molecule has 16 nitrogen and oxygen atoms in total. The van der Waals surface area contributed by atoms with E-state index >= 15 is 0 Å². The van der Waals surface area contributed by atoms with E-state index in [0.29, 0.717) is 77.2 Å². The monoisotopic (exact) mass is 2710 g/mol. The number of halogens is 2. The van der Waals surface area contributed by atoms with Crippen LogP contribution in [0, 0.1) is 87.0 Å². The van der Waals surface area contributed by atoms with Crippen LogP contribution in [0.15, 0.2) is 254 Å². The Balaban J connectivity index is 0.000000221. The molecule has 8 aliphatic rings. The van der Waals surface area contributed by atoms with E-state index in [1.54, 1.807) is 80.1 Å². The van der Waals surface area contributed by atoms with Crippen molar-refractivity contribution in [2.45, 2.75) is 188 Å². The smallest absolute Gasteiger partial charge is 0.542 e. The molecule has 8 aliphatic heterocycles. The van der Waals surface area contributed by atoms with Crippen molar-refractivity contribution < 1.29 is 489 Å². The van der Waals surface area contributed by atoms with E-state index in [2.05, 4.69) is 120 Å². The molecule has 30 heteroatoms. The average Bonchev–Trinajstić information content (AvgIpc) is 1.17. The van der Waals surface area contributed by atoms with Crippen LogP contribution in [0.1, 0.15) is 122 Å². The molecule has 0 N–H and O–H groups in total. The molecule has 698 valence electrons. The minimum absolute atomic E-state index is 0. The molecule has 8 saturated heterocycles. The van der Waals surface area contributed by atoms with Crippen molar-refractivity contribution >= 4 is 105 Å². The molecule has 0 saturated carbocycles. The molecule has 8 fully saturated rings. The van der Waals surface area contributed by atoms with Gasteiger partial charge in [-0.15, -0.1) is 35.5 Å². The molecular weight excluding hydrogens is 2590 g/mol. The van der Waals surface area contributed by atoms with Crippen molar-refractivity contribution in [2.24, 2.45) is 47.3 Å². The Labute approximate surface area is 1200 Å². The molecule has 0 aromatic heterocycles. The number of hydrogen-bond donors (Lipinski definition) is 0. The van der Waals surface area contributed by atoms with Gasteiger partial charge in [0.1, 0.15) is 54.3 Å². The number of thioether (sulfide) groups is 6. The summed E-state index contributed by atoms with van der Waals surface area (Å²) >= 11 is 22.8. The van der Waals surface area contributed by atoms with Crippen LogP contribution in [-0.4, -0.2) is 93.6 Å². The second-order valence-corrected chi connectivity index (χ2v) is 41.8. The van der Waals surface area contributed by atoms with Gasteiger partial charge >= 0.3 is 413 Å².